The highest BCUT2D eigenvalue weighted by atomic mass is 15.2. The van der Waals surface area contributed by atoms with Crippen LogP contribution in [0.25, 0.3) is 0 Å². The lowest BCUT2D eigenvalue weighted by Gasteiger charge is -2.36. The normalized spacial score (nSPS) is 33.1. The molecule has 4 heteroatoms. The number of rotatable bonds is 4. The third kappa shape index (κ3) is 2.38. The molecule has 2 bridgehead atoms. The van der Waals surface area contributed by atoms with E-state index in [1.54, 1.807) is 6.33 Å². The van der Waals surface area contributed by atoms with E-state index >= 15 is 0 Å². The van der Waals surface area contributed by atoms with Crippen LogP contribution in [0.3, 0.4) is 0 Å². The number of nitrogens with one attached hydrogen (secondary N) is 2. The van der Waals surface area contributed by atoms with Gasteiger partial charge in [0.1, 0.15) is 0 Å². The van der Waals surface area contributed by atoms with E-state index in [1.807, 2.05) is 6.20 Å². The Morgan fingerprint density at radius 1 is 1.41 bits per heavy atom. The Hall–Kier alpha value is -0.870. The molecule has 2 aliphatic heterocycles. The van der Waals surface area contributed by atoms with Crippen LogP contribution in [0.5, 0.6) is 0 Å². The maximum atomic E-state index is 4.03. The first-order valence-corrected chi connectivity index (χ1v) is 6.73. The van der Waals surface area contributed by atoms with E-state index in [1.165, 1.54) is 31.4 Å². The van der Waals surface area contributed by atoms with Crippen LogP contribution in [-0.2, 0) is 6.54 Å². The summed E-state index contributed by atoms with van der Waals surface area (Å²) in [6.45, 7) is 2.07. The van der Waals surface area contributed by atoms with Gasteiger partial charge in [-0.3, -0.25) is 0 Å². The zero-order valence-electron chi connectivity index (χ0n) is 10.5. The number of hydrogen-bond donors (Lipinski definition) is 2. The molecule has 0 saturated carbocycles. The summed E-state index contributed by atoms with van der Waals surface area (Å²) in [7, 11) is 2.30. The first-order valence-electron chi connectivity index (χ1n) is 6.73. The van der Waals surface area contributed by atoms with Crippen molar-refractivity contribution >= 4 is 0 Å². The summed E-state index contributed by atoms with van der Waals surface area (Å²) in [5.74, 6) is 0.867. The molecule has 1 aromatic heterocycles. The van der Waals surface area contributed by atoms with Crippen LogP contribution < -0.4 is 5.32 Å². The van der Waals surface area contributed by atoms with Gasteiger partial charge in [0.2, 0.25) is 0 Å². The molecule has 0 aromatic carbocycles. The minimum Gasteiger partial charge on any atom is -0.347 e. The summed E-state index contributed by atoms with van der Waals surface area (Å²) < 4.78 is 0. The van der Waals surface area contributed by atoms with E-state index in [-0.39, 0.29) is 0 Å². The van der Waals surface area contributed by atoms with E-state index in [2.05, 4.69) is 27.2 Å². The molecule has 2 N–H and O–H groups in total. The fraction of sp³-hybridized carbons (Fsp3) is 0.769. The Labute approximate surface area is 103 Å². The molecule has 3 rings (SSSR count). The second kappa shape index (κ2) is 4.78. The molecule has 2 atom stereocenters. The van der Waals surface area contributed by atoms with E-state index in [9.17, 15) is 0 Å². The van der Waals surface area contributed by atoms with Crippen LogP contribution in [-0.4, -0.2) is 40.5 Å². The van der Waals surface area contributed by atoms with Crippen molar-refractivity contribution in [2.75, 3.05) is 13.6 Å². The SMILES string of the molecule is CN1C2CCC1CC(CNCc1cnc[nH]1)C2. The fourth-order valence-electron chi connectivity index (χ4n) is 3.48. The number of piperidine rings is 1. The molecular formula is C13H22N4. The molecule has 2 fully saturated rings. The van der Waals surface area contributed by atoms with E-state index in [4.69, 9.17) is 0 Å². The van der Waals surface area contributed by atoms with Crippen molar-refractivity contribution in [3.05, 3.63) is 18.2 Å². The zero-order chi connectivity index (χ0) is 11.7. The van der Waals surface area contributed by atoms with Gasteiger partial charge in [-0.05, 0) is 45.2 Å². The quantitative estimate of drug-likeness (QED) is 0.827. The van der Waals surface area contributed by atoms with Crippen molar-refractivity contribution < 1.29 is 0 Å². The Kier molecular flexibility index (Phi) is 3.16. The topological polar surface area (TPSA) is 44.0 Å². The van der Waals surface area contributed by atoms with Gasteiger partial charge < -0.3 is 15.2 Å². The van der Waals surface area contributed by atoms with Gasteiger partial charge in [0, 0.05) is 30.5 Å². The van der Waals surface area contributed by atoms with Gasteiger partial charge in [-0.25, -0.2) is 4.98 Å². The molecule has 94 valence electrons. The monoisotopic (exact) mass is 234 g/mol. The largest absolute Gasteiger partial charge is 0.347 e. The lowest BCUT2D eigenvalue weighted by molar-refractivity contribution is 0.133. The van der Waals surface area contributed by atoms with Crippen LogP contribution in [0.4, 0.5) is 0 Å². The van der Waals surface area contributed by atoms with Crippen LogP contribution in [0.1, 0.15) is 31.4 Å². The van der Waals surface area contributed by atoms with Crippen molar-refractivity contribution in [2.45, 2.75) is 44.3 Å². The standard InChI is InChI=1S/C13H22N4/c1-17-12-2-3-13(17)5-10(4-12)6-14-7-11-8-15-9-16-11/h8-10,12-14H,2-7H2,1H3,(H,15,16). The molecule has 2 saturated heterocycles. The third-order valence-electron chi connectivity index (χ3n) is 4.50. The number of imidazole rings is 1. The Balaban J connectivity index is 1.44. The van der Waals surface area contributed by atoms with Crippen molar-refractivity contribution in [1.82, 2.24) is 20.2 Å². The zero-order valence-corrected chi connectivity index (χ0v) is 10.5. The minimum atomic E-state index is 0.854. The summed E-state index contributed by atoms with van der Waals surface area (Å²) in [6, 6.07) is 1.71. The molecule has 4 nitrogen and oxygen atoms in total. The van der Waals surface area contributed by atoms with E-state index < -0.39 is 0 Å². The van der Waals surface area contributed by atoms with Gasteiger partial charge >= 0.3 is 0 Å². The van der Waals surface area contributed by atoms with Crippen LogP contribution >= 0.6 is 0 Å². The highest BCUT2D eigenvalue weighted by Crippen LogP contribution is 2.36. The fourth-order valence-corrected chi connectivity index (χ4v) is 3.48. The molecule has 0 aliphatic carbocycles. The maximum absolute atomic E-state index is 4.03. The molecule has 0 spiro atoms. The van der Waals surface area contributed by atoms with E-state index in [0.717, 1.165) is 31.1 Å². The average Bonchev–Trinajstić information content (AvgIpc) is 2.87. The highest BCUT2D eigenvalue weighted by molar-refractivity contribution is 4.95. The second-order valence-electron chi connectivity index (χ2n) is 5.60. The average molecular weight is 234 g/mol. The molecule has 1 aromatic rings. The van der Waals surface area contributed by atoms with Crippen molar-refractivity contribution in [3.63, 3.8) is 0 Å². The van der Waals surface area contributed by atoms with Crippen molar-refractivity contribution in [1.29, 1.82) is 0 Å². The predicted octanol–water partition coefficient (Wildman–Crippen LogP) is 1.37. The van der Waals surface area contributed by atoms with Crippen LogP contribution in [0.15, 0.2) is 12.5 Å². The lowest BCUT2D eigenvalue weighted by atomic mass is 9.91. The van der Waals surface area contributed by atoms with Crippen molar-refractivity contribution in [3.8, 4) is 0 Å². The smallest absolute Gasteiger partial charge is 0.0922 e. The Morgan fingerprint density at radius 2 is 2.18 bits per heavy atom. The number of aromatic nitrogens is 2. The first kappa shape index (κ1) is 11.2. The van der Waals surface area contributed by atoms with Gasteiger partial charge in [0.25, 0.3) is 0 Å². The molecule has 17 heavy (non-hydrogen) atoms. The van der Waals surface area contributed by atoms with Gasteiger partial charge in [0.05, 0.1) is 6.33 Å². The summed E-state index contributed by atoms with van der Waals surface area (Å²) in [6.07, 6.45) is 9.22. The Morgan fingerprint density at radius 3 is 2.82 bits per heavy atom. The second-order valence-corrected chi connectivity index (χ2v) is 5.60. The summed E-state index contributed by atoms with van der Waals surface area (Å²) >= 11 is 0. The highest BCUT2D eigenvalue weighted by Gasteiger charge is 2.37. The Bertz CT molecular complexity index is 334. The van der Waals surface area contributed by atoms with Gasteiger partial charge in [-0.15, -0.1) is 0 Å². The number of aromatic amines is 1. The van der Waals surface area contributed by atoms with Gasteiger partial charge in [-0.1, -0.05) is 0 Å². The maximum Gasteiger partial charge on any atom is 0.0922 e. The third-order valence-corrected chi connectivity index (χ3v) is 4.50. The minimum absolute atomic E-state index is 0.854. The molecule has 3 heterocycles. The van der Waals surface area contributed by atoms with Crippen LogP contribution in [0, 0.1) is 5.92 Å². The molecule has 2 aliphatic rings. The van der Waals surface area contributed by atoms with E-state index in [0.29, 0.717) is 0 Å². The number of hydrogen-bond acceptors (Lipinski definition) is 3. The molecule has 2 unspecified atom stereocenters. The predicted molar refractivity (Wildman–Crippen MR) is 67.6 cm³/mol. The van der Waals surface area contributed by atoms with Crippen LogP contribution in [0.2, 0.25) is 0 Å². The van der Waals surface area contributed by atoms with Gasteiger partial charge in [-0.2, -0.15) is 0 Å². The summed E-state index contributed by atoms with van der Waals surface area (Å²) in [5.41, 5.74) is 1.18. The van der Waals surface area contributed by atoms with Gasteiger partial charge in [0.15, 0.2) is 0 Å². The van der Waals surface area contributed by atoms with Crippen molar-refractivity contribution in [2.24, 2.45) is 5.92 Å². The lowest BCUT2D eigenvalue weighted by Crippen LogP contribution is -2.42. The molecule has 0 radical (unpaired) electrons. The first-order chi connectivity index (χ1) is 8.33. The summed E-state index contributed by atoms with van der Waals surface area (Å²) in [5, 5.41) is 3.55. The summed E-state index contributed by atoms with van der Waals surface area (Å²) in [4.78, 5) is 9.76. The number of H-pyrrole nitrogens is 1. The number of fused-ring (bicyclic) bond motifs is 2. The molecular weight excluding hydrogens is 212 g/mol. The molecule has 0 amide bonds. The number of nitrogens with zero attached hydrogens (tertiary/aromatic N) is 2.